The first kappa shape index (κ1) is 14.6. The van der Waals surface area contributed by atoms with Crippen LogP contribution in [0.5, 0.6) is 5.75 Å². The van der Waals surface area contributed by atoms with E-state index in [2.05, 4.69) is 5.32 Å². The first-order valence-electron chi connectivity index (χ1n) is 7.38. The van der Waals surface area contributed by atoms with Gasteiger partial charge in [0.2, 0.25) is 5.91 Å². The lowest BCUT2D eigenvalue weighted by Gasteiger charge is -2.24. The zero-order chi connectivity index (χ0) is 15.9. The van der Waals surface area contributed by atoms with E-state index in [-0.39, 0.29) is 17.7 Å². The Morgan fingerprint density at radius 3 is 2.50 bits per heavy atom. The van der Waals surface area contributed by atoms with E-state index in [9.17, 15) is 14.7 Å². The number of ether oxygens (including phenoxy) is 1. The maximum absolute atomic E-state index is 12.6. The van der Waals surface area contributed by atoms with Crippen LogP contribution in [0, 0.1) is 30.6 Å². The molecule has 22 heavy (non-hydrogen) atoms. The molecule has 0 saturated heterocycles. The van der Waals surface area contributed by atoms with Crippen LogP contribution in [-0.2, 0) is 9.59 Å². The summed E-state index contributed by atoms with van der Waals surface area (Å²) < 4.78 is 5.14. The van der Waals surface area contributed by atoms with E-state index in [1.54, 1.807) is 19.2 Å². The molecule has 0 aromatic heterocycles. The van der Waals surface area contributed by atoms with Crippen molar-refractivity contribution in [2.45, 2.75) is 13.3 Å². The third kappa shape index (κ3) is 2.36. The van der Waals surface area contributed by atoms with Gasteiger partial charge >= 0.3 is 5.97 Å². The number of aliphatic carboxylic acids is 1. The van der Waals surface area contributed by atoms with Crippen LogP contribution in [0.25, 0.3) is 0 Å². The van der Waals surface area contributed by atoms with Crippen LogP contribution in [0.2, 0.25) is 0 Å². The smallest absolute Gasteiger partial charge is 0.307 e. The van der Waals surface area contributed by atoms with Crippen LogP contribution >= 0.6 is 0 Å². The molecule has 3 rings (SSSR count). The topological polar surface area (TPSA) is 75.6 Å². The summed E-state index contributed by atoms with van der Waals surface area (Å²) in [6.45, 7) is 1.88. The summed E-state index contributed by atoms with van der Waals surface area (Å²) in [7, 11) is 1.59. The van der Waals surface area contributed by atoms with Crippen molar-refractivity contribution in [2.24, 2.45) is 23.7 Å². The lowest BCUT2D eigenvalue weighted by atomic mass is 9.82. The standard InChI is InChI=1S/C17H19NO4/c1-9-7-12(22-2)5-6-13(9)18-16(19)14-10-3-4-11(8-10)15(14)17(20)21/h3-7,10-11,14-15H,8H2,1-2H3,(H,18,19)(H,20,21). The van der Waals surface area contributed by atoms with Crippen molar-refractivity contribution in [1.82, 2.24) is 0 Å². The van der Waals surface area contributed by atoms with Gasteiger partial charge in [-0.25, -0.2) is 0 Å². The number of hydrogen-bond acceptors (Lipinski definition) is 3. The fourth-order valence-corrected chi connectivity index (χ4v) is 3.64. The molecule has 1 amide bonds. The molecule has 4 atom stereocenters. The van der Waals surface area contributed by atoms with Gasteiger partial charge in [-0.2, -0.15) is 0 Å². The maximum atomic E-state index is 12.6. The Morgan fingerprint density at radius 2 is 1.91 bits per heavy atom. The van der Waals surface area contributed by atoms with Gasteiger partial charge in [0.25, 0.3) is 0 Å². The van der Waals surface area contributed by atoms with E-state index in [0.29, 0.717) is 5.69 Å². The van der Waals surface area contributed by atoms with Crippen molar-refractivity contribution in [3.05, 3.63) is 35.9 Å². The van der Waals surface area contributed by atoms with Gasteiger partial charge in [0.05, 0.1) is 18.9 Å². The zero-order valence-corrected chi connectivity index (χ0v) is 12.6. The second kappa shape index (κ2) is 5.48. The van der Waals surface area contributed by atoms with Gasteiger partial charge in [0.1, 0.15) is 5.75 Å². The number of carboxylic acid groups (broad SMARTS) is 1. The minimum atomic E-state index is -0.886. The minimum Gasteiger partial charge on any atom is -0.497 e. The average Bonchev–Trinajstić information content (AvgIpc) is 3.09. The van der Waals surface area contributed by atoms with Crippen LogP contribution in [0.15, 0.2) is 30.4 Å². The Balaban J connectivity index is 1.80. The molecule has 5 nitrogen and oxygen atoms in total. The number of aryl methyl sites for hydroxylation is 1. The normalized spacial score (nSPS) is 28.6. The monoisotopic (exact) mass is 301 g/mol. The highest BCUT2D eigenvalue weighted by Gasteiger charge is 2.51. The average molecular weight is 301 g/mol. The van der Waals surface area contributed by atoms with E-state index in [1.165, 1.54) is 0 Å². The minimum absolute atomic E-state index is 0.0183. The largest absolute Gasteiger partial charge is 0.497 e. The first-order valence-corrected chi connectivity index (χ1v) is 7.38. The molecule has 1 aromatic carbocycles. The van der Waals surface area contributed by atoms with Crippen molar-refractivity contribution in [3.8, 4) is 5.75 Å². The highest BCUT2D eigenvalue weighted by atomic mass is 16.5. The SMILES string of the molecule is COc1ccc(NC(=O)C2C3C=CC(C3)C2C(=O)O)c(C)c1. The Kier molecular flexibility index (Phi) is 3.64. The number of carbonyl (C=O) groups is 2. The second-order valence-corrected chi connectivity index (χ2v) is 6.01. The van der Waals surface area contributed by atoms with Crippen LogP contribution in [0.1, 0.15) is 12.0 Å². The van der Waals surface area contributed by atoms with Gasteiger partial charge in [0, 0.05) is 5.69 Å². The summed E-state index contributed by atoms with van der Waals surface area (Å²) in [5.41, 5.74) is 1.58. The summed E-state index contributed by atoms with van der Waals surface area (Å²) in [6, 6.07) is 5.40. The number of carbonyl (C=O) groups excluding carboxylic acids is 1. The third-order valence-corrected chi connectivity index (χ3v) is 4.74. The van der Waals surface area contributed by atoms with Gasteiger partial charge in [-0.3, -0.25) is 9.59 Å². The highest BCUT2D eigenvalue weighted by Crippen LogP contribution is 2.48. The Bertz CT molecular complexity index is 652. The van der Waals surface area contributed by atoms with E-state index in [4.69, 9.17) is 4.74 Å². The highest BCUT2D eigenvalue weighted by molar-refractivity contribution is 5.97. The van der Waals surface area contributed by atoms with Crippen LogP contribution in [-0.4, -0.2) is 24.1 Å². The first-order chi connectivity index (χ1) is 10.5. The number of amides is 1. The molecule has 116 valence electrons. The zero-order valence-electron chi connectivity index (χ0n) is 12.6. The predicted octanol–water partition coefficient (Wildman–Crippen LogP) is 2.47. The third-order valence-electron chi connectivity index (χ3n) is 4.74. The van der Waals surface area contributed by atoms with Gasteiger partial charge in [0.15, 0.2) is 0 Å². The molecule has 5 heteroatoms. The lowest BCUT2D eigenvalue weighted by Crippen LogP contribution is -2.36. The summed E-state index contributed by atoms with van der Waals surface area (Å²) in [4.78, 5) is 24.1. The molecule has 0 spiro atoms. The van der Waals surface area contributed by atoms with E-state index >= 15 is 0 Å². The van der Waals surface area contributed by atoms with Gasteiger partial charge < -0.3 is 15.2 Å². The predicted molar refractivity (Wildman–Crippen MR) is 81.7 cm³/mol. The molecule has 1 fully saturated rings. The van der Waals surface area contributed by atoms with Crippen molar-refractivity contribution < 1.29 is 19.4 Å². The maximum Gasteiger partial charge on any atom is 0.307 e. The summed E-state index contributed by atoms with van der Waals surface area (Å²) >= 11 is 0. The number of benzene rings is 1. The van der Waals surface area contributed by atoms with E-state index < -0.39 is 17.8 Å². The van der Waals surface area contributed by atoms with Crippen LogP contribution < -0.4 is 10.1 Å². The van der Waals surface area contributed by atoms with Crippen molar-refractivity contribution >= 4 is 17.6 Å². The van der Waals surface area contributed by atoms with Crippen molar-refractivity contribution in [3.63, 3.8) is 0 Å². The van der Waals surface area contributed by atoms with Gasteiger partial charge in [-0.15, -0.1) is 0 Å². The molecular weight excluding hydrogens is 282 g/mol. The quantitative estimate of drug-likeness (QED) is 0.838. The second-order valence-electron chi connectivity index (χ2n) is 6.01. The van der Waals surface area contributed by atoms with E-state index in [0.717, 1.165) is 17.7 Å². The van der Waals surface area contributed by atoms with Crippen molar-refractivity contribution in [1.29, 1.82) is 0 Å². The molecule has 1 saturated carbocycles. The fraction of sp³-hybridized carbons (Fsp3) is 0.412. The summed E-state index contributed by atoms with van der Waals surface area (Å²) in [6.07, 6.45) is 4.68. The molecule has 2 aliphatic carbocycles. The fourth-order valence-electron chi connectivity index (χ4n) is 3.64. The molecule has 0 heterocycles. The number of nitrogens with one attached hydrogen (secondary N) is 1. The molecule has 0 radical (unpaired) electrons. The molecule has 2 aliphatic rings. The number of rotatable bonds is 4. The Morgan fingerprint density at radius 1 is 1.23 bits per heavy atom. The van der Waals surface area contributed by atoms with E-state index in [1.807, 2.05) is 25.1 Å². The van der Waals surface area contributed by atoms with Gasteiger partial charge in [-0.1, -0.05) is 12.2 Å². The number of hydrogen-bond donors (Lipinski definition) is 2. The van der Waals surface area contributed by atoms with Gasteiger partial charge in [-0.05, 0) is 48.9 Å². The summed E-state index contributed by atoms with van der Waals surface area (Å²) in [5, 5.41) is 12.3. The number of fused-ring (bicyclic) bond motifs is 2. The number of anilines is 1. The Hall–Kier alpha value is -2.30. The number of allylic oxidation sites excluding steroid dienone is 2. The molecule has 1 aromatic rings. The summed E-state index contributed by atoms with van der Waals surface area (Å²) in [5.74, 6) is -1.47. The lowest BCUT2D eigenvalue weighted by molar-refractivity contribution is -0.146. The molecule has 0 aliphatic heterocycles. The number of carboxylic acids is 1. The van der Waals surface area contributed by atoms with Crippen LogP contribution in [0.3, 0.4) is 0 Å². The van der Waals surface area contributed by atoms with Crippen molar-refractivity contribution in [2.75, 3.05) is 12.4 Å². The molecule has 2 N–H and O–H groups in total. The molecule has 4 unspecified atom stereocenters. The molecular formula is C17H19NO4. The van der Waals surface area contributed by atoms with Crippen LogP contribution in [0.4, 0.5) is 5.69 Å². The Labute approximate surface area is 129 Å². The molecule has 2 bridgehead atoms. The number of methoxy groups -OCH3 is 1.